The molecule has 0 atom stereocenters. The minimum Gasteiger partial charge on any atom is -0.338 e. The number of nitrogens with one attached hydrogen (secondary N) is 1. The number of hydrogen-bond donors (Lipinski definition) is 1. The quantitative estimate of drug-likeness (QED) is 0.847. The Morgan fingerprint density at radius 3 is 2.36 bits per heavy atom. The molecule has 1 fully saturated rings. The summed E-state index contributed by atoms with van der Waals surface area (Å²) in [6.45, 7) is 8.75. The molecule has 1 saturated heterocycles. The van der Waals surface area contributed by atoms with Crippen molar-refractivity contribution in [2.45, 2.75) is 26.2 Å². The van der Waals surface area contributed by atoms with Crippen LogP contribution in [0.1, 0.15) is 36.8 Å². The maximum Gasteiger partial charge on any atom is 0.253 e. The lowest BCUT2D eigenvalue weighted by molar-refractivity contribution is -0.117. The van der Waals surface area contributed by atoms with Gasteiger partial charge in [0, 0.05) is 48.2 Å². The van der Waals surface area contributed by atoms with Crippen molar-refractivity contribution in [3.05, 3.63) is 46.6 Å². The van der Waals surface area contributed by atoms with Crippen LogP contribution in [0.4, 0.5) is 5.88 Å². The summed E-state index contributed by atoms with van der Waals surface area (Å²) in [5.74, 6) is 0.178. The predicted molar refractivity (Wildman–Crippen MR) is 108 cm³/mol. The normalized spacial score (nSPS) is 15.5. The summed E-state index contributed by atoms with van der Waals surface area (Å²) in [7, 11) is 0. The van der Waals surface area contributed by atoms with E-state index < -0.39 is 0 Å². The van der Waals surface area contributed by atoms with E-state index in [1.54, 1.807) is 35.2 Å². The van der Waals surface area contributed by atoms with E-state index in [0.717, 1.165) is 5.69 Å². The number of carbonyl (C=O) groups excluding carboxylic acids is 2. The first kappa shape index (κ1) is 20.4. The summed E-state index contributed by atoms with van der Waals surface area (Å²) in [4.78, 5) is 28.6. The molecule has 0 radical (unpaired) electrons. The molecule has 1 aromatic heterocycles. The molecule has 0 unspecified atom stereocenters. The van der Waals surface area contributed by atoms with Crippen LogP contribution in [-0.4, -0.2) is 59.5 Å². The van der Waals surface area contributed by atoms with Crippen molar-refractivity contribution >= 4 is 29.3 Å². The van der Waals surface area contributed by atoms with Crippen LogP contribution < -0.4 is 5.32 Å². The van der Waals surface area contributed by atoms with Gasteiger partial charge in [0.1, 0.15) is 0 Å². The molecule has 1 aliphatic heterocycles. The van der Waals surface area contributed by atoms with Crippen molar-refractivity contribution in [3.63, 3.8) is 0 Å². The predicted octanol–water partition coefficient (Wildman–Crippen LogP) is 3.02. The number of aromatic nitrogens is 1. The van der Waals surface area contributed by atoms with Crippen molar-refractivity contribution in [2.24, 2.45) is 0 Å². The first-order valence-electron chi connectivity index (χ1n) is 9.26. The van der Waals surface area contributed by atoms with E-state index in [2.05, 4.69) is 10.5 Å². The highest BCUT2D eigenvalue weighted by atomic mass is 35.5. The molecule has 0 saturated carbocycles. The van der Waals surface area contributed by atoms with E-state index >= 15 is 0 Å². The molecule has 28 heavy (non-hydrogen) atoms. The number of hydrogen-bond acceptors (Lipinski definition) is 5. The van der Waals surface area contributed by atoms with Crippen molar-refractivity contribution in [1.29, 1.82) is 0 Å². The monoisotopic (exact) mass is 404 g/mol. The topological polar surface area (TPSA) is 78.7 Å². The molecule has 2 amide bonds. The second-order valence-corrected chi connectivity index (χ2v) is 8.39. The SMILES string of the molecule is CC(C)(C)c1cc(NC(=O)CN2CCN(C(=O)c3ccc(Cl)cc3)CC2)on1. The molecule has 150 valence electrons. The number of amides is 2. The highest BCUT2D eigenvalue weighted by Crippen LogP contribution is 2.23. The molecule has 0 aliphatic carbocycles. The van der Waals surface area contributed by atoms with Crippen LogP contribution in [0.3, 0.4) is 0 Å². The molecule has 3 rings (SSSR count). The second kappa shape index (κ2) is 8.32. The number of rotatable bonds is 4. The number of carbonyl (C=O) groups is 2. The van der Waals surface area contributed by atoms with Crippen molar-refractivity contribution < 1.29 is 14.1 Å². The number of benzene rings is 1. The van der Waals surface area contributed by atoms with E-state index in [0.29, 0.717) is 42.6 Å². The van der Waals surface area contributed by atoms with Gasteiger partial charge in [-0.05, 0) is 24.3 Å². The van der Waals surface area contributed by atoms with E-state index in [1.165, 1.54) is 0 Å². The number of piperazine rings is 1. The van der Waals surface area contributed by atoms with Crippen LogP contribution in [0.5, 0.6) is 0 Å². The maximum absolute atomic E-state index is 12.5. The maximum atomic E-state index is 12.5. The summed E-state index contributed by atoms with van der Waals surface area (Å²) >= 11 is 5.87. The highest BCUT2D eigenvalue weighted by molar-refractivity contribution is 6.30. The van der Waals surface area contributed by atoms with Crippen LogP contribution in [0.15, 0.2) is 34.9 Å². The Hall–Kier alpha value is -2.38. The summed E-state index contributed by atoms with van der Waals surface area (Å²) < 4.78 is 5.19. The van der Waals surface area contributed by atoms with Crippen molar-refractivity contribution in [2.75, 3.05) is 38.0 Å². The lowest BCUT2D eigenvalue weighted by Crippen LogP contribution is -2.50. The third-order valence-electron chi connectivity index (χ3n) is 4.66. The fourth-order valence-electron chi connectivity index (χ4n) is 2.95. The van der Waals surface area contributed by atoms with Gasteiger partial charge in [-0.1, -0.05) is 37.5 Å². The highest BCUT2D eigenvalue weighted by Gasteiger charge is 2.24. The van der Waals surface area contributed by atoms with Crippen LogP contribution in [0.2, 0.25) is 5.02 Å². The molecule has 1 aromatic carbocycles. The van der Waals surface area contributed by atoms with Gasteiger partial charge < -0.3 is 9.42 Å². The Morgan fingerprint density at radius 2 is 1.79 bits per heavy atom. The standard InChI is InChI=1S/C20H25ClN4O3/c1-20(2,3)16-12-18(28-23-16)22-17(26)13-24-8-10-25(11-9-24)19(27)14-4-6-15(21)7-5-14/h4-7,12H,8-11,13H2,1-3H3,(H,22,26). The summed E-state index contributed by atoms with van der Waals surface area (Å²) in [5, 5.41) is 7.34. The molecule has 2 aromatic rings. The largest absolute Gasteiger partial charge is 0.338 e. The van der Waals surface area contributed by atoms with E-state index in [1.807, 2.05) is 25.7 Å². The van der Waals surface area contributed by atoms with Crippen LogP contribution in [-0.2, 0) is 10.2 Å². The molecule has 7 nitrogen and oxygen atoms in total. The minimum atomic E-state index is -0.158. The zero-order valence-electron chi connectivity index (χ0n) is 16.4. The van der Waals surface area contributed by atoms with Gasteiger partial charge in [0.25, 0.3) is 5.91 Å². The zero-order valence-corrected chi connectivity index (χ0v) is 17.1. The van der Waals surface area contributed by atoms with Crippen LogP contribution in [0.25, 0.3) is 0 Å². The number of anilines is 1. The third kappa shape index (κ3) is 5.11. The molecule has 1 N–H and O–H groups in total. The fraction of sp³-hybridized carbons (Fsp3) is 0.450. The molecular weight excluding hydrogens is 380 g/mol. The van der Waals surface area contributed by atoms with E-state index in [9.17, 15) is 9.59 Å². The molecule has 0 spiro atoms. The second-order valence-electron chi connectivity index (χ2n) is 7.95. The third-order valence-corrected chi connectivity index (χ3v) is 4.91. The number of halogens is 1. The number of nitrogens with zero attached hydrogens (tertiary/aromatic N) is 3. The molecular formula is C20H25ClN4O3. The first-order chi connectivity index (χ1) is 13.2. The van der Waals surface area contributed by atoms with Crippen molar-refractivity contribution in [3.8, 4) is 0 Å². The van der Waals surface area contributed by atoms with Gasteiger partial charge in [0.05, 0.1) is 12.2 Å². The molecule has 8 heteroatoms. The fourth-order valence-corrected chi connectivity index (χ4v) is 3.08. The molecule has 2 heterocycles. The van der Waals surface area contributed by atoms with Gasteiger partial charge in [-0.25, -0.2) is 0 Å². The van der Waals surface area contributed by atoms with Gasteiger partial charge in [-0.2, -0.15) is 0 Å². The first-order valence-corrected chi connectivity index (χ1v) is 9.64. The summed E-state index contributed by atoms with van der Waals surface area (Å²) in [6.07, 6.45) is 0. The van der Waals surface area contributed by atoms with E-state index in [-0.39, 0.29) is 23.8 Å². The van der Waals surface area contributed by atoms with Crippen molar-refractivity contribution in [1.82, 2.24) is 15.0 Å². The smallest absolute Gasteiger partial charge is 0.253 e. The summed E-state index contributed by atoms with van der Waals surface area (Å²) in [5.41, 5.74) is 1.27. The van der Waals surface area contributed by atoms with Gasteiger partial charge >= 0.3 is 0 Å². The Balaban J connectivity index is 1.47. The Bertz CT molecular complexity index is 834. The molecule has 1 aliphatic rings. The summed E-state index contributed by atoms with van der Waals surface area (Å²) in [6, 6.07) is 8.63. The van der Waals surface area contributed by atoms with Gasteiger partial charge in [0.15, 0.2) is 0 Å². The van der Waals surface area contributed by atoms with Gasteiger partial charge in [0.2, 0.25) is 11.8 Å². The van der Waals surface area contributed by atoms with Crippen LogP contribution >= 0.6 is 11.6 Å². The average Bonchev–Trinajstić information content (AvgIpc) is 3.11. The average molecular weight is 405 g/mol. The van der Waals surface area contributed by atoms with Gasteiger partial charge in [-0.3, -0.25) is 19.8 Å². The Labute approximate surface area is 169 Å². The lowest BCUT2D eigenvalue weighted by atomic mass is 9.92. The van der Waals surface area contributed by atoms with Gasteiger partial charge in [-0.15, -0.1) is 0 Å². The Kier molecular flexibility index (Phi) is 6.05. The zero-order chi connectivity index (χ0) is 20.3. The lowest BCUT2D eigenvalue weighted by Gasteiger charge is -2.34. The van der Waals surface area contributed by atoms with E-state index in [4.69, 9.17) is 16.1 Å². The minimum absolute atomic E-state index is 0.0165. The Morgan fingerprint density at radius 1 is 1.14 bits per heavy atom. The molecule has 0 bridgehead atoms. The van der Waals surface area contributed by atoms with Crippen LogP contribution in [0, 0.1) is 0 Å².